The molecule has 5 nitrogen and oxygen atoms in total. The fraction of sp³-hybridized carbons (Fsp3) is 0.0476. The third-order valence-electron chi connectivity index (χ3n) is 5.06. The number of aromatic amines is 2. The molecule has 5 rings (SSSR count). The van der Waals surface area contributed by atoms with Crippen LogP contribution in [0.4, 0.5) is 11.5 Å². The van der Waals surface area contributed by atoms with E-state index in [1.807, 2.05) is 42.5 Å². The number of rotatable bonds is 1. The lowest BCUT2D eigenvalue weighted by Crippen LogP contribution is -2.32. The van der Waals surface area contributed by atoms with Crippen molar-refractivity contribution in [1.82, 2.24) is 9.97 Å². The van der Waals surface area contributed by atoms with E-state index in [-0.39, 0.29) is 0 Å². The predicted octanol–water partition coefficient (Wildman–Crippen LogP) is 4.76. The van der Waals surface area contributed by atoms with Crippen molar-refractivity contribution in [3.8, 4) is 0 Å². The van der Waals surface area contributed by atoms with Gasteiger partial charge in [0.2, 0.25) is 0 Å². The van der Waals surface area contributed by atoms with Gasteiger partial charge in [-0.05, 0) is 40.1 Å². The van der Waals surface area contributed by atoms with Crippen molar-refractivity contribution in [3.63, 3.8) is 0 Å². The lowest BCUT2D eigenvalue weighted by Gasteiger charge is -2.30. The maximum Gasteiger partial charge on any atom is 0.327 e. The number of fused-ring (bicyclic) bond motifs is 4. The predicted molar refractivity (Wildman–Crippen MR) is 112 cm³/mol. The first-order valence-electron chi connectivity index (χ1n) is 8.63. The van der Waals surface area contributed by atoms with Crippen molar-refractivity contribution in [3.05, 3.63) is 102 Å². The molecule has 0 radical (unpaired) electrons. The van der Waals surface area contributed by atoms with Gasteiger partial charge in [-0.1, -0.05) is 59.6 Å². The van der Waals surface area contributed by atoms with Crippen LogP contribution < -0.4 is 16.6 Å². The van der Waals surface area contributed by atoms with Crippen molar-refractivity contribution < 1.29 is 0 Å². The van der Waals surface area contributed by atoms with E-state index in [1.165, 1.54) is 0 Å². The van der Waals surface area contributed by atoms with Gasteiger partial charge in [0.1, 0.15) is 5.82 Å². The highest BCUT2D eigenvalue weighted by Crippen LogP contribution is 2.47. The van der Waals surface area contributed by atoms with Crippen LogP contribution in [0.5, 0.6) is 0 Å². The van der Waals surface area contributed by atoms with Crippen molar-refractivity contribution in [2.75, 3.05) is 5.32 Å². The first-order chi connectivity index (χ1) is 13.5. The Bertz CT molecular complexity index is 1370. The van der Waals surface area contributed by atoms with Gasteiger partial charge >= 0.3 is 5.69 Å². The molecule has 4 aromatic rings. The van der Waals surface area contributed by atoms with E-state index < -0.39 is 17.2 Å². The van der Waals surface area contributed by atoms with Crippen LogP contribution in [0.25, 0.3) is 10.8 Å². The van der Waals surface area contributed by atoms with E-state index in [0.29, 0.717) is 21.4 Å². The number of hydrogen-bond donors (Lipinski definition) is 3. The van der Waals surface area contributed by atoms with E-state index in [0.717, 1.165) is 27.6 Å². The standard InChI is InChI=1S/C21H13Cl2N3O2/c22-11-6-7-13(14(23)9-11)17-16-12-4-2-1-3-10(12)5-8-15(16)24-19-18(17)20(27)26-21(28)25-19/h1-9,17H,(H3,24,25,26,27,28)/t17-/m0/s1. The van der Waals surface area contributed by atoms with Gasteiger partial charge in [0.05, 0.1) is 5.56 Å². The molecule has 138 valence electrons. The number of hydrogen-bond acceptors (Lipinski definition) is 3. The Balaban J connectivity index is 1.93. The van der Waals surface area contributed by atoms with Gasteiger partial charge in [-0.3, -0.25) is 14.8 Å². The molecule has 0 unspecified atom stereocenters. The molecule has 3 aromatic carbocycles. The number of anilines is 2. The maximum atomic E-state index is 12.8. The third kappa shape index (κ3) is 2.55. The maximum absolute atomic E-state index is 12.8. The highest BCUT2D eigenvalue weighted by atomic mass is 35.5. The molecule has 1 aliphatic rings. The highest BCUT2D eigenvalue weighted by Gasteiger charge is 2.33. The summed E-state index contributed by atoms with van der Waals surface area (Å²) in [5, 5.41) is 6.21. The van der Waals surface area contributed by atoms with Gasteiger partial charge in [-0.2, -0.15) is 0 Å². The number of nitrogens with one attached hydrogen (secondary N) is 3. The Morgan fingerprint density at radius 1 is 0.857 bits per heavy atom. The topological polar surface area (TPSA) is 77.8 Å². The zero-order valence-corrected chi connectivity index (χ0v) is 15.9. The monoisotopic (exact) mass is 409 g/mol. The minimum atomic E-state index is -0.568. The van der Waals surface area contributed by atoms with Crippen LogP contribution in [0.2, 0.25) is 10.0 Å². The molecule has 0 aliphatic carbocycles. The average molecular weight is 410 g/mol. The van der Waals surface area contributed by atoms with Crippen molar-refractivity contribution in [1.29, 1.82) is 0 Å². The highest BCUT2D eigenvalue weighted by molar-refractivity contribution is 6.35. The summed E-state index contributed by atoms with van der Waals surface area (Å²) in [5.74, 6) is -0.102. The second-order valence-electron chi connectivity index (χ2n) is 6.67. The molecule has 1 aliphatic heterocycles. The van der Waals surface area contributed by atoms with Crippen molar-refractivity contribution in [2.45, 2.75) is 5.92 Å². The van der Waals surface area contributed by atoms with Crippen molar-refractivity contribution >= 4 is 45.5 Å². The molecule has 0 fully saturated rings. The first-order valence-corrected chi connectivity index (χ1v) is 9.38. The summed E-state index contributed by atoms with van der Waals surface area (Å²) in [6.07, 6.45) is 0. The van der Waals surface area contributed by atoms with E-state index >= 15 is 0 Å². The molecule has 28 heavy (non-hydrogen) atoms. The number of halogens is 2. The number of benzene rings is 3. The largest absolute Gasteiger partial charge is 0.341 e. The smallest absolute Gasteiger partial charge is 0.327 e. The summed E-state index contributed by atoms with van der Waals surface area (Å²) in [7, 11) is 0. The van der Waals surface area contributed by atoms with Crippen LogP contribution in [0.3, 0.4) is 0 Å². The number of aromatic nitrogens is 2. The van der Waals surface area contributed by atoms with Gasteiger partial charge in [0.15, 0.2) is 0 Å². The average Bonchev–Trinajstić information content (AvgIpc) is 2.66. The van der Waals surface area contributed by atoms with Gasteiger partial charge in [0, 0.05) is 21.7 Å². The first kappa shape index (κ1) is 17.1. The zero-order chi connectivity index (χ0) is 19.4. The van der Waals surface area contributed by atoms with E-state index in [2.05, 4.69) is 15.3 Å². The second-order valence-corrected chi connectivity index (χ2v) is 7.51. The Morgan fingerprint density at radius 2 is 1.68 bits per heavy atom. The summed E-state index contributed by atoms with van der Waals surface area (Å²) in [5.41, 5.74) is 1.86. The normalized spacial score (nSPS) is 15.0. The Hall–Kier alpha value is -3.02. The molecule has 3 N–H and O–H groups in total. The van der Waals surface area contributed by atoms with Gasteiger partial charge < -0.3 is 5.32 Å². The van der Waals surface area contributed by atoms with Crippen molar-refractivity contribution in [2.24, 2.45) is 0 Å². The fourth-order valence-corrected chi connectivity index (χ4v) is 4.43. The molecule has 7 heteroatoms. The quantitative estimate of drug-likeness (QED) is 0.373. The van der Waals surface area contributed by atoms with Crippen LogP contribution in [0, 0.1) is 0 Å². The molecular formula is C21H13Cl2N3O2. The van der Waals surface area contributed by atoms with Crippen LogP contribution in [-0.4, -0.2) is 9.97 Å². The summed E-state index contributed by atoms with van der Waals surface area (Å²) in [6, 6.07) is 17.1. The Labute approximate surface area is 169 Å². The van der Waals surface area contributed by atoms with E-state index in [9.17, 15) is 9.59 Å². The van der Waals surface area contributed by atoms with Crippen LogP contribution in [0.1, 0.15) is 22.6 Å². The Morgan fingerprint density at radius 3 is 2.50 bits per heavy atom. The van der Waals surface area contributed by atoms with Gasteiger partial charge in [0.25, 0.3) is 5.56 Å². The molecule has 1 aromatic heterocycles. The van der Waals surface area contributed by atoms with Gasteiger partial charge in [-0.25, -0.2) is 4.79 Å². The molecule has 0 saturated carbocycles. The van der Waals surface area contributed by atoms with Crippen LogP contribution >= 0.6 is 23.2 Å². The van der Waals surface area contributed by atoms with Crippen LogP contribution in [0.15, 0.2) is 64.2 Å². The fourth-order valence-electron chi connectivity index (χ4n) is 3.91. The lowest BCUT2D eigenvalue weighted by atomic mass is 9.80. The second kappa shape index (κ2) is 6.26. The molecule has 0 saturated heterocycles. The molecule has 0 spiro atoms. The molecule has 1 atom stereocenters. The Kier molecular flexibility index (Phi) is 3.82. The van der Waals surface area contributed by atoms with Gasteiger partial charge in [-0.15, -0.1) is 0 Å². The van der Waals surface area contributed by atoms with E-state index in [4.69, 9.17) is 23.2 Å². The SMILES string of the molecule is O=c1[nH]c2c(c(=O)[nH]1)[C@@H](c1ccc(Cl)cc1Cl)c1c(ccc3ccccc13)N2. The summed E-state index contributed by atoms with van der Waals surface area (Å²) < 4.78 is 0. The number of H-pyrrole nitrogens is 2. The van der Waals surface area contributed by atoms with Crippen LogP contribution in [-0.2, 0) is 0 Å². The third-order valence-corrected chi connectivity index (χ3v) is 5.62. The lowest BCUT2D eigenvalue weighted by molar-refractivity contribution is 0.893. The summed E-state index contributed by atoms with van der Waals surface area (Å²) in [4.78, 5) is 29.7. The molecule has 0 bridgehead atoms. The molecule has 2 heterocycles. The minimum Gasteiger partial charge on any atom is -0.341 e. The zero-order valence-electron chi connectivity index (χ0n) is 14.3. The van der Waals surface area contributed by atoms with E-state index in [1.54, 1.807) is 12.1 Å². The summed E-state index contributed by atoms with van der Waals surface area (Å²) >= 11 is 12.6. The minimum absolute atomic E-state index is 0.368. The summed E-state index contributed by atoms with van der Waals surface area (Å²) in [6.45, 7) is 0. The molecule has 0 amide bonds. The molecular weight excluding hydrogens is 397 g/mol.